The fourth-order valence-electron chi connectivity index (χ4n) is 1.90. The van der Waals surface area contributed by atoms with E-state index < -0.39 is 16.9 Å². The van der Waals surface area contributed by atoms with Gasteiger partial charge in [0.2, 0.25) is 0 Å². The van der Waals surface area contributed by atoms with Crippen LogP contribution in [0.2, 0.25) is 0 Å². The van der Waals surface area contributed by atoms with E-state index in [4.69, 9.17) is 17.3 Å². The van der Waals surface area contributed by atoms with Gasteiger partial charge < -0.3 is 10.5 Å². The molecule has 2 rings (SSSR count). The zero-order chi connectivity index (χ0) is 14.6. The third kappa shape index (κ3) is 2.65. The van der Waals surface area contributed by atoms with Crippen LogP contribution in [0.5, 0.6) is 0 Å². The van der Waals surface area contributed by atoms with Gasteiger partial charge in [0, 0.05) is 0 Å². The van der Waals surface area contributed by atoms with Gasteiger partial charge in [-0.15, -0.1) is 0 Å². The highest BCUT2D eigenvalue weighted by molar-refractivity contribution is 6.36. The van der Waals surface area contributed by atoms with E-state index >= 15 is 0 Å². The van der Waals surface area contributed by atoms with E-state index in [2.05, 4.69) is 4.74 Å². The van der Waals surface area contributed by atoms with Crippen LogP contribution in [0, 0.1) is 0 Å². The molecule has 0 radical (unpaired) electrons. The number of carbonyl (C=O) groups is 2. The van der Waals surface area contributed by atoms with Crippen LogP contribution in [0.25, 0.3) is 0 Å². The van der Waals surface area contributed by atoms with Crippen molar-refractivity contribution in [3.63, 3.8) is 0 Å². The Morgan fingerprint density at radius 2 is 1.30 bits per heavy atom. The van der Waals surface area contributed by atoms with E-state index in [9.17, 15) is 9.59 Å². The van der Waals surface area contributed by atoms with Gasteiger partial charge in [0.25, 0.3) is 0 Å². The van der Waals surface area contributed by atoms with Crippen molar-refractivity contribution in [2.45, 2.75) is 4.87 Å². The first kappa shape index (κ1) is 14.1. The third-order valence-electron chi connectivity index (χ3n) is 2.82. The van der Waals surface area contributed by atoms with Crippen LogP contribution in [0.15, 0.2) is 60.7 Å². The number of hydrogen-bond donors (Lipinski definition) is 1. The van der Waals surface area contributed by atoms with E-state index in [1.165, 1.54) is 0 Å². The Labute approximate surface area is 121 Å². The summed E-state index contributed by atoms with van der Waals surface area (Å²) in [5.74, 6) is -0.927. The summed E-state index contributed by atoms with van der Waals surface area (Å²) in [7, 11) is 0. The summed E-state index contributed by atoms with van der Waals surface area (Å²) in [5.41, 5.74) is 5.90. The Morgan fingerprint density at radius 1 is 0.900 bits per heavy atom. The number of nitrogens with two attached hydrogens (primary N) is 1. The molecular weight excluding hydrogens is 278 g/mol. The Balaban J connectivity index is 2.55. The Hall–Kier alpha value is -2.33. The lowest BCUT2D eigenvalue weighted by Crippen LogP contribution is -2.36. The molecule has 0 bridgehead atoms. The summed E-state index contributed by atoms with van der Waals surface area (Å²) in [5, 5.41) is 0. The van der Waals surface area contributed by atoms with E-state index in [1.54, 1.807) is 60.7 Å². The molecule has 0 aromatic heterocycles. The quantitative estimate of drug-likeness (QED) is 0.536. The van der Waals surface area contributed by atoms with Crippen LogP contribution < -0.4 is 5.73 Å². The number of rotatable bonds is 3. The second kappa shape index (κ2) is 5.75. The van der Waals surface area contributed by atoms with Crippen LogP contribution in [0.1, 0.15) is 11.1 Å². The maximum atomic E-state index is 12.2. The molecule has 2 aromatic rings. The van der Waals surface area contributed by atoms with Gasteiger partial charge in [-0.05, 0) is 11.1 Å². The van der Waals surface area contributed by atoms with Crippen LogP contribution >= 0.6 is 11.6 Å². The molecule has 2 N–H and O–H groups in total. The van der Waals surface area contributed by atoms with E-state index in [-0.39, 0.29) is 0 Å². The van der Waals surface area contributed by atoms with Gasteiger partial charge in [0.1, 0.15) is 0 Å². The second-order valence-corrected chi connectivity index (χ2v) is 4.67. The molecule has 0 aliphatic rings. The average molecular weight is 290 g/mol. The Morgan fingerprint density at radius 3 is 1.65 bits per heavy atom. The molecule has 0 heterocycles. The molecule has 0 atom stereocenters. The van der Waals surface area contributed by atoms with Gasteiger partial charge in [-0.3, -0.25) is 0 Å². The second-order valence-electron chi connectivity index (χ2n) is 4.10. The van der Waals surface area contributed by atoms with E-state index in [0.717, 1.165) is 0 Å². The van der Waals surface area contributed by atoms with Gasteiger partial charge in [0.15, 0.2) is 4.87 Å². The lowest BCUT2D eigenvalue weighted by atomic mass is 9.90. The van der Waals surface area contributed by atoms with Gasteiger partial charge in [-0.1, -0.05) is 72.3 Å². The maximum absolute atomic E-state index is 12.2. The lowest BCUT2D eigenvalue weighted by molar-refractivity contribution is -0.139. The summed E-state index contributed by atoms with van der Waals surface area (Å²) in [6.45, 7) is 0. The first-order valence-corrected chi connectivity index (χ1v) is 6.24. The van der Waals surface area contributed by atoms with Crippen LogP contribution in [0.3, 0.4) is 0 Å². The standard InChI is InChI=1S/C15H12ClNO3/c16-15(13(18)20-14(17)19,11-7-3-1-4-8-11)12-9-5-2-6-10-12/h1-10H,(H2,17,19). The summed E-state index contributed by atoms with van der Waals surface area (Å²) in [4.78, 5) is 21.4. The number of carbonyl (C=O) groups excluding carboxylic acids is 2. The number of hydrogen-bond acceptors (Lipinski definition) is 3. The number of esters is 1. The fourth-order valence-corrected chi connectivity index (χ4v) is 2.19. The molecule has 4 nitrogen and oxygen atoms in total. The fraction of sp³-hybridized carbons (Fsp3) is 0.0667. The van der Waals surface area contributed by atoms with Gasteiger partial charge in [-0.25, -0.2) is 9.59 Å². The molecule has 0 unspecified atom stereocenters. The molecule has 0 aliphatic carbocycles. The zero-order valence-electron chi connectivity index (χ0n) is 10.5. The number of primary amides is 1. The van der Waals surface area contributed by atoms with Crippen LogP contribution in [0.4, 0.5) is 4.79 Å². The first-order chi connectivity index (χ1) is 9.55. The highest BCUT2D eigenvalue weighted by atomic mass is 35.5. The van der Waals surface area contributed by atoms with Crippen molar-refractivity contribution in [1.82, 2.24) is 0 Å². The van der Waals surface area contributed by atoms with Crippen molar-refractivity contribution in [1.29, 1.82) is 0 Å². The molecule has 0 fully saturated rings. The van der Waals surface area contributed by atoms with Crippen molar-refractivity contribution in [3.8, 4) is 0 Å². The predicted octanol–water partition coefficient (Wildman–Crippen LogP) is 2.79. The first-order valence-electron chi connectivity index (χ1n) is 5.87. The molecule has 0 spiro atoms. The largest absolute Gasteiger partial charge is 0.412 e. The average Bonchev–Trinajstić information content (AvgIpc) is 2.47. The van der Waals surface area contributed by atoms with Gasteiger partial charge in [0.05, 0.1) is 0 Å². The topological polar surface area (TPSA) is 69.4 Å². The molecule has 1 amide bonds. The minimum atomic E-state index is -1.61. The summed E-state index contributed by atoms with van der Waals surface area (Å²) in [6, 6.07) is 17.3. The monoisotopic (exact) mass is 289 g/mol. The van der Waals surface area contributed by atoms with Crippen LogP contribution in [-0.2, 0) is 14.4 Å². The highest BCUT2D eigenvalue weighted by Crippen LogP contribution is 2.37. The van der Waals surface area contributed by atoms with E-state index in [0.29, 0.717) is 11.1 Å². The minimum absolute atomic E-state index is 0.499. The lowest BCUT2D eigenvalue weighted by Gasteiger charge is -2.25. The van der Waals surface area contributed by atoms with Crippen molar-refractivity contribution in [3.05, 3.63) is 71.8 Å². The normalized spacial score (nSPS) is 10.8. The van der Waals surface area contributed by atoms with Gasteiger partial charge in [-0.2, -0.15) is 0 Å². The van der Waals surface area contributed by atoms with Crippen molar-refractivity contribution in [2.75, 3.05) is 0 Å². The summed E-state index contributed by atoms with van der Waals surface area (Å²) < 4.78 is 4.49. The summed E-state index contributed by atoms with van der Waals surface area (Å²) >= 11 is 6.50. The molecule has 0 aliphatic heterocycles. The SMILES string of the molecule is NC(=O)OC(=O)C(Cl)(c1ccccc1)c1ccccc1. The van der Waals surface area contributed by atoms with Crippen molar-refractivity contribution in [2.24, 2.45) is 5.73 Å². The number of ether oxygens (including phenoxy) is 1. The molecule has 0 saturated heterocycles. The Bertz CT molecular complexity index is 574. The number of benzene rings is 2. The molecule has 102 valence electrons. The van der Waals surface area contributed by atoms with Gasteiger partial charge >= 0.3 is 12.1 Å². The number of halogens is 1. The Kier molecular flexibility index (Phi) is 4.05. The van der Waals surface area contributed by atoms with Crippen LogP contribution in [-0.4, -0.2) is 12.1 Å². The molecule has 5 heteroatoms. The highest BCUT2D eigenvalue weighted by Gasteiger charge is 2.42. The zero-order valence-corrected chi connectivity index (χ0v) is 11.2. The number of amides is 1. The molecule has 20 heavy (non-hydrogen) atoms. The molecule has 2 aromatic carbocycles. The van der Waals surface area contributed by atoms with Crippen molar-refractivity contribution >= 4 is 23.7 Å². The molecular formula is C15H12ClNO3. The third-order valence-corrected chi connectivity index (χ3v) is 3.41. The maximum Gasteiger partial charge on any atom is 0.412 e. The molecule has 0 saturated carbocycles. The van der Waals surface area contributed by atoms with Crippen molar-refractivity contribution < 1.29 is 14.3 Å². The smallest absolute Gasteiger partial charge is 0.375 e. The minimum Gasteiger partial charge on any atom is -0.375 e. The van der Waals surface area contributed by atoms with E-state index in [1.807, 2.05) is 0 Å². The number of alkyl halides is 1. The predicted molar refractivity (Wildman–Crippen MR) is 75.2 cm³/mol. The summed E-state index contributed by atoms with van der Waals surface area (Å²) in [6.07, 6.45) is -1.19.